The number of benzene rings is 3. The van der Waals surface area contributed by atoms with Crippen LogP contribution in [0.2, 0.25) is 0 Å². The summed E-state index contributed by atoms with van der Waals surface area (Å²) in [6.45, 7) is 1.03. The number of hydrogen-bond donors (Lipinski definition) is 0. The average Bonchev–Trinajstić information content (AvgIpc) is 3.30. The van der Waals surface area contributed by atoms with Crippen LogP contribution in [0.5, 0.6) is 23.0 Å². The Morgan fingerprint density at radius 3 is 2.53 bits per heavy atom. The highest BCUT2D eigenvalue weighted by atomic mass is 35.5. The van der Waals surface area contributed by atoms with Gasteiger partial charge >= 0.3 is 0 Å². The third kappa shape index (κ3) is 3.41. The Balaban J connectivity index is 0.00000241. The highest BCUT2D eigenvalue weighted by Crippen LogP contribution is 2.44. The van der Waals surface area contributed by atoms with Crippen molar-refractivity contribution in [2.24, 2.45) is 0 Å². The second-order valence-corrected chi connectivity index (χ2v) is 8.29. The van der Waals surface area contributed by atoms with Crippen molar-refractivity contribution >= 4 is 10.8 Å². The van der Waals surface area contributed by atoms with E-state index in [-0.39, 0.29) is 25.0 Å². The van der Waals surface area contributed by atoms with Crippen LogP contribution in [-0.2, 0) is 19.4 Å². The molecule has 7 heteroatoms. The molecular weight excluding hydrogens is 457 g/mol. The fraction of sp³-hybridized carbons (Fsp3) is 0.222. The number of aromatic nitrogens is 1. The Morgan fingerprint density at radius 1 is 0.971 bits per heavy atom. The molecule has 3 heterocycles. The van der Waals surface area contributed by atoms with Crippen LogP contribution in [0, 0.1) is 5.82 Å². The van der Waals surface area contributed by atoms with Crippen molar-refractivity contribution in [1.29, 1.82) is 0 Å². The van der Waals surface area contributed by atoms with Crippen molar-refractivity contribution < 1.29 is 40.3 Å². The summed E-state index contributed by atoms with van der Waals surface area (Å²) in [6, 6.07) is 15.0. The van der Waals surface area contributed by atoms with Gasteiger partial charge in [-0.3, -0.25) is 0 Å². The SMILES string of the molecule is COc1ccc2c(Cc3ccccc3F)c3[n+](cc2c1OC)CCc1cc2c(cc1-3)OCO2.[Cl-]. The van der Waals surface area contributed by atoms with Gasteiger partial charge in [0.15, 0.2) is 35.7 Å². The van der Waals surface area contributed by atoms with Crippen LogP contribution in [-0.4, -0.2) is 21.0 Å². The first-order valence-corrected chi connectivity index (χ1v) is 10.9. The molecule has 0 bridgehead atoms. The lowest BCUT2D eigenvalue weighted by molar-refractivity contribution is -0.686. The van der Waals surface area contributed by atoms with Crippen molar-refractivity contribution in [3.63, 3.8) is 0 Å². The van der Waals surface area contributed by atoms with E-state index in [4.69, 9.17) is 18.9 Å². The van der Waals surface area contributed by atoms with E-state index < -0.39 is 0 Å². The Morgan fingerprint density at radius 2 is 1.76 bits per heavy atom. The van der Waals surface area contributed by atoms with E-state index in [0.717, 1.165) is 52.1 Å². The molecule has 4 aromatic rings. The minimum absolute atomic E-state index is 0. The molecule has 0 unspecified atom stereocenters. The van der Waals surface area contributed by atoms with Crippen LogP contribution < -0.4 is 35.9 Å². The van der Waals surface area contributed by atoms with Gasteiger partial charge in [-0.2, -0.15) is 4.57 Å². The van der Waals surface area contributed by atoms with Gasteiger partial charge in [0.05, 0.1) is 25.2 Å². The van der Waals surface area contributed by atoms with Gasteiger partial charge in [-0.25, -0.2) is 4.39 Å². The van der Waals surface area contributed by atoms with Gasteiger partial charge in [0, 0.05) is 23.8 Å². The summed E-state index contributed by atoms with van der Waals surface area (Å²) in [5, 5.41) is 1.95. The lowest BCUT2D eigenvalue weighted by Crippen LogP contribution is -3.00. The third-order valence-corrected chi connectivity index (χ3v) is 6.57. The maximum atomic E-state index is 14.8. The second kappa shape index (κ2) is 8.69. The normalized spacial score (nSPS) is 13.1. The van der Waals surface area contributed by atoms with Crippen molar-refractivity contribution in [2.45, 2.75) is 19.4 Å². The molecule has 0 fully saturated rings. The van der Waals surface area contributed by atoms with E-state index in [1.165, 1.54) is 11.6 Å². The summed E-state index contributed by atoms with van der Waals surface area (Å²) in [6.07, 6.45) is 3.42. The molecule has 0 atom stereocenters. The van der Waals surface area contributed by atoms with Crippen LogP contribution in [0.3, 0.4) is 0 Å². The Kier molecular flexibility index (Phi) is 5.70. The number of aryl methyl sites for hydroxylation is 2. The number of halogens is 2. The number of nitrogens with zero attached hydrogens (tertiary/aromatic N) is 1. The zero-order valence-corrected chi connectivity index (χ0v) is 19.6. The molecule has 34 heavy (non-hydrogen) atoms. The Labute approximate surface area is 203 Å². The first-order valence-electron chi connectivity index (χ1n) is 10.9. The molecule has 0 saturated carbocycles. The number of ether oxygens (including phenoxy) is 4. The smallest absolute Gasteiger partial charge is 0.231 e. The standard InChI is InChI=1S/C27H23FNO4.ClH/c1-30-23-8-7-18-20(11-17-5-3-4-6-22(17)28)26-19-13-25-24(32-15-33-25)12-16(19)9-10-29(26)14-21(18)27(23)31-2;/h3-8,12-14H,9-11,15H2,1-2H3;1H/q+1;/p-1. The molecule has 3 aromatic carbocycles. The van der Waals surface area contributed by atoms with Gasteiger partial charge in [0.2, 0.25) is 12.5 Å². The summed E-state index contributed by atoms with van der Waals surface area (Å²) >= 11 is 0. The fourth-order valence-corrected chi connectivity index (χ4v) is 5.02. The number of pyridine rings is 1. The van der Waals surface area contributed by atoms with Crippen molar-refractivity contribution in [1.82, 2.24) is 0 Å². The van der Waals surface area contributed by atoms with E-state index >= 15 is 0 Å². The number of rotatable bonds is 4. The molecule has 0 saturated heterocycles. The summed E-state index contributed by atoms with van der Waals surface area (Å²) in [4.78, 5) is 0. The van der Waals surface area contributed by atoms with Crippen LogP contribution in [0.15, 0.2) is 54.7 Å². The van der Waals surface area contributed by atoms with Gasteiger partial charge < -0.3 is 31.4 Å². The molecule has 0 N–H and O–H groups in total. The summed E-state index contributed by atoms with van der Waals surface area (Å²) in [5.74, 6) is 2.66. The van der Waals surface area contributed by atoms with Gasteiger partial charge in [0.1, 0.15) is 5.82 Å². The van der Waals surface area contributed by atoms with Gasteiger partial charge in [-0.1, -0.05) is 18.2 Å². The van der Waals surface area contributed by atoms with E-state index in [0.29, 0.717) is 23.5 Å². The highest BCUT2D eigenvalue weighted by Gasteiger charge is 2.32. The van der Waals surface area contributed by atoms with Crippen LogP contribution >= 0.6 is 0 Å². The van der Waals surface area contributed by atoms with Crippen molar-refractivity contribution in [2.75, 3.05) is 21.0 Å². The van der Waals surface area contributed by atoms with Crippen LogP contribution in [0.25, 0.3) is 22.0 Å². The molecule has 1 aromatic heterocycles. The van der Waals surface area contributed by atoms with E-state index in [1.807, 2.05) is 24.3 Å². The minimum atomic E-state index is -0.213. The highest BCUT2D eigenvalue weighted by molar-refractivity contribution is 5.95. The molecule has 5 nitrogen and oxygen atoms in total. The molecule has 0 aliphatic carbocycles. The molecule has 0 spiro atoms. The average molecular weight is 480 g/mol. The second-order valence-electron chi connectivity index (χ2n) is 8.29. The monoisotopic (exact) mass is 479 g/mol. The summed E-state index contributed by atoms with van der Waals surface area (Å²) in [7, 11) is 3.28. The molecule has 2 aliphatic rings. The quantitative estimate of drug-likeness (QED) is 0.419. The Bertz CT molecular complexity index is 1420. The van der Waals surface area contributed by atoms with Gasteiger partial charge in [0.25, 0.3) is 0 Å². The fourth-order valence-electron chi connectivity index (χ4n) is 5.02. The number of methoxy groups -OCH3 is 2. The summed E-state index contributed by atoms with van der Waals surface area (Å²) in [5.41, 5.74) is 5.05. The van der Waals surface area contributed by atoms with Crippen LogP contribution in [0.4, 0.5) is 4.39 Å². The third-order valence-electron chi connectivity index (χ3n) is 6.57. The zero-order valence-electron chi connectivity index (χ0n) is 18.9. The number of fused-ring (bicyclic) bond motifs is 5. The largest absolute Gasteiger partial charge is 1.00 e. The predicted octanol–water partition coefficient (Wildman–Crippen LogP) is 1.83. The Hall–Kier alpha value is -3.51. The molecule has 0 amide bonds. The summed E-state index contributed by atoms with van der Waals surface area (Å²) < 4.78 is 39.6. The van der Waals surface area contributed by atoms with Gasteiger partial charge in [-0.15, -0.1) is 0 Å². The van der Waals surface area contributed by atoms with Crippen LogP contribution in [0.1, 0.15) is 16.7 Å². The maximum absolute atomic E-state index is 14.8. The molecular formula is C27H23ClFNO4. The molecule has 0 radical (unpaired) electrons. The molecule has 174 valence electrons. The number of hydrogen-bond acceptors (Lipinski definition) is 4. The van der Waals surface area contributed by atoms with E-state index in [1.54, 1.807) is 20.3 Å². The van der Waals surface area contributed by atoms with E-state index in [9.17, 15) is 4.39 Å². The molecule has 6 rings (SSSR count). The van der Waals surface area contributed by atoms with Gasteiger partial charge in [-0.05, 0) is 41.5 Å². The predicted molar refractivity (Wildman–Crippen MR) is 122 cm³/mol. The van der Waals surface area contributed by atoms with Crippen molar-refractivity contribution in [3.8, 4) is 34.3 Å². The topological polar surface area (TPSA) is 40.8 Å². The molecule has 2 aliphatic heterocycles. The minimum Gasteiger partial charge on any atom is -1.00 e. The zero-order chi connectivity index (χ0) is 22.5. The van der Waals surface area contributed by atoms with Crippen molar-refractivity contribution in [3.05, 3.63) is 77.2 Å². The lowest BCUT2D eigenvalue weighted by Gasteiger charge is -2.21. The maximum Gasteiger partial charge on any atom is 0.231 e. The lowest BCUT2D eigenvalue weighted by atomic mass is 9.88. The first-order chi connectivity index (χ1) is 16.2. The first kappa shape index (κ1) is 22.3. The van der Waals surface area contributed by atoms with E-state index in [2.05, 4.69) is 22.9 Å².